The van der Waals surface area contributed by atoms with Gasteiger partial charge in [-0.05, 0) is 17.7 Å². The minimum Gasteiger partial charge on any atom is -0.454 e. The molecule has 2 heterocycles. The summed E-state index contributed by atoms with van der Waals surface area (Å²) in [6.45, 7) is 3.03. The van der Waals surface area contributed by atoms with Crippen molar-refractivity contribution in [3.05, 3.63) is 23.8 Å². The van der Waals surface area contributed by atoms with Crippen LogP contribution in [0.15, 0.2) is 18.2 Å². The molecule has 1 fully saturated rings. The Labute approximate surface area is 105 Å². The van der Waals surface area contributed by atoms with Crippen molar-refractivity contribution in [3.8, 4) is 11.5 Å². The topological polar surface area (TPSA) is 59.6 Å². The van der Waals surface area contributed by atoms with E-state index >= 15 is 0 Å². The monoisotopic (exact) mass is 248 g/mol. The number of hydrogen-bond donors (Lipinski definition) is 2. The third-order valence-corrected chi connectivity index (χ3v) is 3.26. The second kappa shape index (κ2) is 4.86. The Morgan fingerprint density at radius 3 is 2.94 bits per heavy atom. The lowest BCUT2D eigenvalue weighted by molar-refractivity contribution is -0.120. The van der Waals surface area contributed by atoms with Crippen molar-refractivity contribution in [2.24, 2.45) is 5.92 Å². The molecule has 0 radical (unpaired) electrons. The molecule has 2 N–H and O–H groups in total. The molecule has 1 saturated heterocycles. The van der Waals surface area contributed by atoms with Crippen LogP contribution in [0, 0.1) is 5.92 Å². The van der Waals surface area contributed by atoms with E-state index in [1.54, 1.807) is 0 Å². The molecule has 2 aliphatic heterocycles. The van der Waals surface area contributed by atoms with Gasteiger partial charge in [0.1, 0.15) is 0 Å². The molecule has 1 amide bonds. The average Bonchev–Trinajstić information content (AvgIpc) is 2.74. The maximum Gasteiger partial charge on any atom is 0.231 e. The van der Waals surface area contributed by atoms with Crippen LogP contribution in [0.4, 0.5) is 0 Å². The third-order valence-electron chi connectivity index (χ3n) is 3.26. The van der Waals surface area contributed by atoms with Gasteiger partial charge in [0, 0.05) is 25.6 Å². The van der Waals surface area contributed by atoms with Gasteiger partial charge in [-0.25, -0.2) is 0 Å². The van der Waals surface area contributed by atoms with Gasteiger partial charge in [-0.1, -0.05) is 6.07 Å². The molecule has 2 aliphatic rings. The zero-order chi connectivity index (χ0) is 12.4. The number of carbonyl (C=O) groups is 1. The normalized spacial score (nSPS) is 17.3. The van der Waals surface area contributed by atoms with Gasteiger partial charge in [-0.2, -0.15) is 0 Å². The van der Waals surface area contributed by atoms with E-state index in [-0.39, 0.29) is 12.7 Å². The zero-order valence-electron chi connectivity index (χ0n) is 10.1. The Bertz CT molecular complexity index is 458. The lowest BCUT2D eigenvalue weighted by Crippen LogP contribution is -2.48. The lowest BCUT2D eigenvalue weighted by atomic mass is 10.0. The van der Waals surface area contributed by atoms with Crippen LogP contribution in [-0.2, 0) is 11.2 Å². The molecule has 0 aromatic heterocycles. The molecule has 18 heavy (non-hydrogen) atoms. The van der Waals surface area contributed by atoms with E-state index in [9.17, 15) is 4.79 Å². The minimum absolute atomic E-state index is 0.0563. The summed E-state index contributed by atoms with van der Waals surface area (Å²) >= 11 is 0. The first-order valence-electron chi connectivity index (χ1n) is 6.17. The summed E-state index contributed by atoms with van der Waals surface area (Å²) in [4.78, 5) is 11.8. The fraction of sp³-hybridized carbons (Fsp3) is 0.462. The van der Waals surface area contributed by atoms with Crippen molar-refractivity contribution in [2.75, 3.05) is 26.4 Å². The summed E-state index contributed by atoms with van der Waals surface area (Å²) in [5, 5.41) is 6.13. The molecule has 0 unspecified atom stereocenters. The molecule has 0 aliphatic carbocycles. The Morgan fingerprint density at radius 1 is 1.33 bits per heavy atom. The van der Waals surface area contributed by atoms with Crippen molar-refractivity contribution in [1.82, 2.24) is 10.6 Å². The van der Waals surface area contributed by atoms with Crippen LogP contribution in [0.1, 0.15) is 5.56 Å². The second-order valence-electron chi connectivity index (χ2n) is 4.69. The van der Waals surface area contributed by atoms with Crippen LogP contribution in [-0.4, -0.2) is 32.3 Å². The fourth-order valence-corrected chi connectivity index (χ4v) is 2.05. The smallest absolute Gasteiger partial charge is 0.231 e. The number of amides is 1. The van der Waals surface area contributed by atoms with Crippen LogP contribution in [0.3, 0.4) is 0 Å². The standard InChI is InChI=1S/C13H16N2O3/c16-13(15-7-10-5-14-6-10)4-9-1-2-11-12(3-9)18-8-17-11/h1-3,10,14H,4-8H2,(H,15,16). The van der Waals surface area contributed by atoms with Crippen LogP contribution < -0.4 is 20.1 Å². The Kier molecular flexibility index (Phi) is 3.06. The average molecular weight is 248 g/mol. The first kappa shape index (κ1) is 11.3. The van der Waals surface area contributed by atoms with Gasteiger partial charge in [-0.3, -0.25) is 4.79 Å². The van der Waals surface area contributed by atoms with Gasteiger partial charge >= 0.3 is 0 Å². The maximum atomic E-state index is 11.8. The molecule has 0 atom stereocenters. The highest BCUT2D eigenvalue weighted by molar-refractivity contribution is 5.78. The van der Waals surface area contributed by atoms with E-state index < -0.39 is 0 Å². The number of nitrogens with one attached hydrogen (secondary N) is 2. The molecule has 3 rings (SSSR count). The van der Waals surface area contributed by atoms with Crippen molar-refractivity contribution >= 4 is 5.91 Å². The first-order chi connectivity index (χ1) is 8.81. The molecule has 96 valence electrons. The van der Waals surface area contributed by atoms with Crippen molar-refractivity contribution in [2.45, 2.75) is 6.42 Å². The van der Waals surface area contributed by atoms with Gasteiger partial charge in [0.25, 0.3) is 0 Å². The van der Waals surface area contributed by atoms with Crippen molar-refractivity contribution in [3.63, 3.8) is 0 Å². The molecule has 1 aromatic rings. The number of fused-ring (bicyclic) bond motifs is 1. The van der Waals surface area contributed by atoms with Gasteiger partial charge < -0.3 is 20.1 Å². The molecular formula is C13H16N2O3. The second-order valence-corrected chi connectivity index (χ2v) is 4.69. The summed E-state index contributed by atoms with van der Waals surface area (Å²) in [7, 11) is 0. The van der Waals surface area contributed by atoms with Gasteiger partial charge in [-0.15, -0.1) is 0 Å². The lowest BCUT2D eigenvalue weighted by Gasteiger charge is -2.27. The molecule has 5 nitrogen and oxygen atoms in total. The molecule has 0 spiro atoms. The molecular weight excluding hydrogens is 232 g/mol. The number of rotatable bonds is 4. The van der Waals surface area contributed by atoms with Crippen LogP contribution in [0.2, 0.25) is 0 Å². The van der Waals surface area contributed by atoms with E-state index in [4.69, 9.17) is 9.47 Å². The summed E-state index contributed by atoms with van der Waals surface area (Å²) in [6, 6.07) is 5.62. The van der Waals surface area contributed by atoms with Gasteiger partial charge in [0.2, 0.25) is 12.7 Å². The first-order valence-corrected chi connectivity index (χ1v) is 6.17. The van der Waals surface area contributed by atoms with Gasteiger partial charge in [0.15, 0.2) is 11.5 Å². The van der Waals surface area contributed by atoms with E-state index in [1.807, 2.05) is 18.2 Å². The number of ether oxygens (including phenoxy) is 2. The number of hydrogen-bond acceptors (Lipinski definition) is 4. The van der Waals surface area contributed by atoms with E-state index in [1.165, 1.54) is 0 Å². The highest BCUT2D eigenvalue weighted by Gasteiger charge is 2.18. The minimum atomic E-state index is 0.0563. The highest BCUT2D eigenvalue weighted by atomic mass is 16.7. The third kappa shape index (κ3) is 2.41. The Balaban J connectivity index is 1.53. The highest BCUT2D eigenvalue weighted by Crippen LogP contribution is 2.32. The fourth-order valence-electron chi connectivity index (χ4n) is 2.05. The van der Waals surface area contributed by atoms with Crippen molar-refractivity contribution < 1.29 is 14.3 Å². The van der Waals surface area contributed by atoms with E-state index in [0.29, 0.717) is 12.3 Å². The summed E-state index contributed by atoms with van der Waals surface area (Å²) < 4.78 is 10.5. The SMILES string of the molecule is O=C(Cc1ccc2c(c1)OCO2)NCC1CNC1. The van der Waals surface area contributed by atoms with Gasteiger partial charge in [0.05, 0.1) is 6.42 Å². The van der Waals surface area contributed by atoms with E-state index in [0.717, 1.165) is 36.7 Å². The Morgan fingerprint density at radius 2 is 2.17 bits per heavy atom. The van der Waals surface area contributed by atoms with Crippen molar-refractivity contribution in [1.29, 1.82) is 0 Å². The molecule has 0 bridgehead atoms. The number of benzene rings is 1. The van der Waals surface area contributed by atoms with Crippen LogP contribution >= 0.6 is 0 Å². The van der Waals surface area contributed by atoms with Crippen LogP contribution in [0.5, 0.6) is 11.5 Å². The quantitative estimate of drug-likeness (QED) is 0.804. The summed E-state index contributed by atoms with van der Waals surface area (Å²) in [6.07, 6.45) is 0.386. The zero-order valence-corrected chi connectivity index (χ0v) is 10.1. The summed E-state index contributed by atoms with van der Waals surface area (Å²) in [5.41, 5.74) is 0.948. The molecule has 5 heteroatoms. The largest absolute Gasteiger partial charge is 0.454 e. The summed E-state index contributed by atoms with van der Waals surface area (Å²) in [5.74, 6) is 2.12. The Hall–Kier alpha value is -1.75. The predicted octanol–water partition coefficient (Wildman–Crippen LogP) is 0.293. The predicted molar refractivity (Wildman–Crippen MR) is 65.6 cm³/mol. The number of carbonyl (C=O) groups excluding carboxylic acids is 1. The van der Waals surface area contributed by atoms with E-state index in [2.05, 4.69) is 10.6 Å². The maximum absolute atomic E-state index is 11.8. The van der Waals surface area contributed by atoms with Crippen LogP contribution in [0.25, 0.3) is 0 Å². The molecule has 0 saturated carbocycles. The molecule has 1 aromatic carbocycles.